The van der Waals surface area contributed by atoms with Crippen molar-refractivity contribution < 1.29 is 4.74 Å². The van der Waals surface area contributed by atoms with Crippen molar-refractivity contribution in [1.82, 2.24) is 4.98 Å². The molecule has 3 rings (SSSR count). The van der Waals surface area contributed by atoms with Gasteiger partial charge in [-0.1, -0.05) is 12.1 Å². The Morgan fingerprint density at radius 3 is 2.65 bits per heavy atom. The zero-order valence-corrected chi connectivity index (χ0v) is 14.6. The van der Waals surface area contributed by atoms with Gasteiger partial charge in [0.2, 0.25) is 0 Å². The Kier molecular flexibility index (Phi) is 4.33. The van der Waals surface area contributed by atoms with Gasteiger partial charge < -0.3 is 10.5 Å². The average Bonchev–Trinajstić information content (AvgIpc) is 3.00. The second-order valence-electron chi connectivity index (χ2n) is 4.73. The van der Waals surface area contributed by atoms with E-state index in [-0.39, 0.29) is 5.82 Å². The maximum Gasteiger partial charge on any atom is 0.142 e. The fourth-order valence-electron chi connectivity index (χ4n) is 2.33. The van der Waals surface area contributed by atoms with Crippen LogP contribution in [-0.4, -0.2) is 12.1 Å². The van der Waals surface area contributed by atoms with Crippen LogP contribution in [0, 0.1) is 11.3 Å². The molecule has 0 amide bonds. The minimum absolute atomic E-state index is 0.218. The van der Waals surface area contributed by atoms with E-state index < -0.39 is 0 Å². The molecule has 0 aliphatic carbocycles. The minimum atomic E-state index is 0.218. The first kappa shape index (κ1) is 15.5. The molecule has 0 spiro atoms. The molecular formula is C17H12BrN3OS. The highest BCUT2D eigenvalue weighted by Gasteiger charge is 2.16. The van der Waals surface area contributed by atoms with Crippen molar-refractivity contribution in [2.45, 2.75) is 0 Å². The lowest BCUT2D eigenvalue weighted by molar-refractivity contribution is 0.416. The number of nitrogens with two attached hydrogens (primary N) is 1. The van der Waals surface area contributed by atoms with Gasteiger partial charge in [-0.25, -0.2) is 4.98 Å². The second kappa shape index (κ2) is 6.41. The quantitative estimate of drug-likeness (QED) is 0.708. The monoisotopic (exact) mass is 385 g/mol. The van der Waals surface area contributed by atoms with Gasteiger partial charge in [-0.15, -0.1) is 11.3 Å². The molecule has 2 heterocycles. The molecule has 2 N–H and O–H groups in total. The smallest absolute Gasteiger partial charge is 0.142 e. The number of nitrogen functional groups attached to an aromatic ring is 1. The summed E-state index contributed by atoms with van der Waals surface area (Å²) in [7, 11) is 1.61. The molecule has 0 aliphatic rings. The number of benzene rings is 1. The van der Waals surface area contributed by atoms with Gasteiger partial charge in [-0.05, 0) is 46.3 Å². The number of nitriles is 1. The largest absolute Gasteiger partial charge is 0.496 e. The van der Waals surface area contributed by atoms with Crippen LogP contribution in [0.3, 0.4) is 0 Å². The lowest BCUT2D eigenvalue weighted by atomic mass is 10.0. The van der Waals surface area contributed by atoms with Crippen LogP contribution in [0.4, 0.5) is 5.82 Å². The number of rotatable bonds is 3. The Labute approximate surface area is 146 Å². The molecule has 0 unspecified atom stereocenters. The van der Waals surface area contributed by atoms with Crippen molar-refractivity contribution in [2.75, 3.05) is 12.8 Å². The zero-order valence-electron chi connectivity index (χ0n) is 12.2. The van der Waals surface area contributed by atoms with E-state index in [0.29, 0.717) is 17.0 Å². The van der Waals surface area contributed by atoms with Gasteiger partial charge in [0.05, 0.1) is 16.6 Å². The Morgan fingerprint density at radius 1 is 1.22 bits per heavy atom. The fraction of sp³-hybridized carbons (Fsp3) is 0.0588. The van der Waals surface area contributed by atoms with Gasteiger partial charge in [0.15, 0.2) is 0 Å². The van der Waals surface area contributed by atoms with Crippen LogP contribution >= 0.6 is 27.3 Å². The average molecular weight is 386 g/mol. The number of hydrogen-bond acceptors (Lipinski definition) is 5. The Balaban J connectivity index is 2.25. The molecule has 6 heteroatoms. The summed E-state index contributed by atoms with van der Waals surface area (Å²) in [4.78, 5) is 5.34. The number of pyridine rings is 1. The van der Waals surface area contributed by atoms with E-state index in [4.69, 9.17) is 10.5 Å². The molecule has 3 aromatic rings. The second-order valence-corrected chi connectivity index (χ2v) is 7.19. The molecule has 0 atom stereocenters. The predicted octanol–water partition coefficient (Wildman–Crippen LogP) is 4.70. The summed E-state index contributed by atoms with van der Waals surface area (Å²) in [6.45, 7) is 0. The van der Waals surface area contributed by atoms with Crippen LogP contribution in [-0.2, 0) is 0 Å². The summed E-state index contributed by atoms with van der Waals surface area (Å²) >= 11 is 4.99. The third-order valence-corrected chi connectivity index (χ3v) is 5.04. The standard InChI is InChI=1S/C17H12BrN3OS/c1-22-14-5-3-2-4-10(14)13-8-11(12(9-19)17(20)21-13)15-6-7-16(18)23-15/h2-8H,1H3,(H2,20,21). The number of hydrogen-bond donors (Lipinski definition) is 1. The molecule has 0 aliphatic heterocycles. The number of anilines is 1. The van der Waals surface area contributed by atoms with Gasteiger partial charge in [-0.2, -0.15) is 5.26 Å². The van der Waals surface area contributed by atoms with Gasteiger partial charge in [0.25, 0.3) is 0 Å². The van der Waals surface area contributed by atoms with Crippen molar-refractivity contribution >= 4 is 33.1 Å². The number of halogens is 1. The Morgan fingerprint density at radius 2 is 2.00 bits per heavy atom. The van der Waals surface area contributed by atoms with Crippen molar-refractivity contribution in [3.63, 3.8) is 0 Å². The number of nitrogens with zero attached hydrogens (tertiary/aromatic N) is 2. The molecule has 0 fully saturated rings. The van der Waals surface area contributed by atoms with Crippen molar-refractivity contribution in [3.05, 3.63) is 51.8 Å². The first-order valence-electron chi connectivity index (χ1n) is 6.73. The number of para-hydroxylation sites is 1. The van der Waals surface area contributed by atoms with E-state index in [2.05, 4.69) is 27.0 Å². The van der Waals surface area contributed by atoms with E-state index >= 15 is 0 Å². The lowest BCUT2D eigenvalue weighted by Gasteiger charge is -2.11. The van der Waals surface area contributed by atoms with Gasteiger partial charge in [0, 0.05) is 16.0 Å². The van der Waals surface area contributed by atoms with E-state index in [1.807, 2.05) is 42.5 Å². The van der Waals surface area contributed by atoms with Crippen LogP contribution in [0.5, 0.6) is 5.75 Å². The maximum absolute atomic E-state index is 9.43. The predicted molar refractivity (Wildman–Crippen MR) is 96.4 cm³/mol. The molecule has 23 heavy (non-hydrogen) atoms. The third-order valence-electron chi connectivity index (χ3n) is 3.38. The van der Waals surface area contributed by atoms with Gasteiger partial charge in [-0.3, -0.25) is 0 Å². The highest BCUT2D eigenvalue weighted by Crippen LogP contribution is 2.38. The summed E-state index contributed by atoms with van der Waals surface area (Å²) < 4.78 is 6.39. The summed E-state index contributed by atoms with van der Waals surface area (Å²) in [6, 6.07) is 15.5. The molecular weight excluding hydrogens is 374 g/mol. The van der Waals surface area contributed by atoms with Gasteiger partial charge >= 0.3 is 0 Å². The lowest BCUT2D eigenvalue weighted by Crippen LogP contribution is -2.00. The molecule has 0 bridgehead atoms. The highest BCUT2D eigenvalue weighted by atomic mass is 79.9. The summed E-state index contributed by atoms with van der Waals surface area (Å²) in [5.41, 5.74) is 8.70. The molecule has 0 saturated heterocycles. The van der Waals surface area contributed by atoms with E-state index in [9.17, 15) is 5.26 Å². The highest BCUT2D eigenvalue weighted by molar-refractivity contribution is 9.11. The molecule has 114 valence electrons. The van der Waals surface area contributed by atoms with Gasteiger partial charge in [0.1, 0.15) is 23.2 Å². The van der Waals surface area contributed by atoms with Crippen molar-refractivity contribution in [2.24, 2.45) is 0 Å². The van der Waals surface area contributed by atoms with Crippen molar-refractivity contribution in [1.29, 1.82) is 5.26 Å². The molecule has 4 nitrogen and oxygen atoms in total. The number of ether oxygens (including phenoxy) is 1. The van der Waals surface area contributed by atoms with Crippen LogP contribution in [0.15, 0.2) is 46.3 Å². The van der Waals surface area contributed by atoms with Crippen LogP contribution in [0.1, 0.15) is 5.56 Å². The van der Waals surface area contributed by atoms with Crippen LogP contribution < -0.4 is 10.5 Å². The normalized spacial score (nSPS) is 10.3. The summed E-state index contributed by atoms with van der Waals surface area (Å²) in [5, 5.41) is 9.43. The minimum Gasteiger partial charge on any atom is -0.496 e. The topological polar surface area (TPSA) is 71.9 Å². The fourth-order valence-corrected chi connectivity index (χ4v) is 3.74. The molecule has 2 aromatic heterocycles. The first-order chi connectivity index (χ1) is 11.1. The number of thiophene rings is 1. The Bertz CT molecular complexity index is 914. The summed E-state index contributed by atoms with van der Waals surface area (Å²) in [6.07, 6.45) is 0. The maximum atomic E-state index is 9.43. The van der Waals surface area contributed by atoms with Crippen LogP contribution in [0.25, 0.3) is 21.7 Å². The number of methoxy groups -OCH3 is 1. The third kappa shape index (κ3) is 2.93. The molecule has 0 radical (unpaired) electrons. The molecule has 0 saturated carbocycles. The zero-order chi connectivity index (χ0) is 16.4. The SMILES string of the molecule is COc1ccccc1-c1cc(-c2ccc(Br)s2)c(C#N)c(N)n1. The van der Waals surface area contributed by atoms with E-state index in [0.717, 1.165) is 19.8 Å². The number of aromatic nitrogens is 1. The first-order valence-corrected chi connectivity index (χ1v) is 8.34. The van der Waals surface area contributed by atoms with E-state index in [1.54, 1.807) is 18.4 Å². The van der Waals surface area contributed by atoms with E-state index in [1.165, 1.54) is 0 Å². The summed E-state index contributed by atoms with van der Waals surface area (Å²) in [5.74, 6) is 0.929. The van der Waals surface area contributed by atoms with Crippen molar-refractivity contribution in [3.8, 4) is 33.5 Å². The van der Waals surface area contributed by atoms with Crippen LogP contribution in [0.2, 0.25) is 0 Å². The Hall–Kier alpha value is -2.36. The molecule has 1 aromatic carbocycles.